The van der Waals surface area contributed by atoms with Crippen LogP contribution in [0, 0.1) is 0 Å². The van der Waals surface area contributed by atoms with Crippen LogP contribution < -0.4 is 9.47 Å². The minimum atomic E-state index is -0.289. The van der Waals surface area contributed by atoms with Gasteiger partial charge in [0, 0.05) is 5.39 Å². The molecule has 1 aromatic heterocycles. The van der Waals surface area contributed by atoms with Crippen LogP contribution >= 0.6 is 11.6 Å². The largest absolute Gasteiger partial charge is 0.496 e. The molecule has 3 rings (SSSR count). The van der Waals surface area contributed by atoms with Gasteiger partial charge in [-0.15, -0.1) is 0 Å². The monoisotopic (exact) mass is 327 g/mol. The molecule has 0 fully saturated rings. The quantitative estimate of drug-likeness (QED) is 0.534. The second-order valence-corrected chi connectivity index (χ2v) is 5.24. The molecule has 5 heteroatoms. The van der Waals surface area contributed by atoms with Crippen molar-refractivity contribution in [1.82, 2.24) is 4.98 Å². The third kappa shape index (κ3) is 2.73. The van der Waals surface area contributed by atoms with Gasteiger partial charge < -0.3 is 9.47 Å². The molecule has 0 atom stereocenters. The molecule has 0 aliphatic heterocycles. The number of carbonyl (C=O) groups excluding carboxylic acids is 1. The first-order valence-electron chi connectivity index (χ1n) is 6.96. The van der Waals surface area contributed by atoms with Gasteiger partial charge in [0.05, 0.1) is 25.3 Å². The first-order chi connectivity index (χ1) is 11.2. The van der Waals surface area contributed by atoms with Gasteiger partial charge in [0.1, 0.15) is 22.2 Å². The smallest absolute Gasteiger partial charge is 0.203 e. The zero-order chi connectivity index (χ0) is 16.4. The summed E-state index contributed by atoms with van der Waals surface area (Å²) in [6, 6.07) is 14.4. The van der Waals surface area contributed by atoms with E-state index < -0.39 is 0 Å². The number of aromatic nitrogens is 1. The van der Waals surface area contributed by atoms with Gasteiger partial charge in [0.15, 0.2) is 0 Å². The van der Waals surface area contributed by atoms with Crippen LogP contribution in [-0.4, -0.2) is 25.0 Å². The van der Waals surface area contributed by atoms with Gasteiger partial charge in [0.2, 0.25) is 5.78 Å². The number of para-hydroxylation sites is 1. The second-order valence-electron chi connectivity index (χ2n) is 4.89. The molecule has 0 unspecified atom stereocenters. The van der Waals surface area contributed by atoms with Crippen LogP contribution in [0.2, 0.25) is 5.15 Å². The summed E-state index contributed by atoms with van der Waals surface area (Å²) in [5.74, 6) is 0.569. The molecule has 0 bridgehead atoms. The number of ether oxygens (including phenoxy) is 2. The lowest BCUT2D eigenvalue weighted by atomic mass is 10.0. The van der Waals surface area contributed by atoms with Crippen molar-refractivity contribution in [2.75, 3.05) is 14.2 Å². The third-order valence-electron chi connectivity index (χ3n) is 3.58. The van der Waals surface area contributed by atoms with Gasteiger partial charge >= 0.3 is 0 Å². The van der Waals surface area contributed by atoms with Crippen LogP contribution in [0.15, 0.2) is 48.5 Å². The molecule has 0 aliphatic carbocycles. The van der Waals surface area contributed by atoms with Crippen molar-refractivity contribution in [3.63, 3.8) is 0 Å². The number of hydrogen-bond acceptors (Lipinski definition) is 4. The predicted molar refractivity (Wildman–Crippen MR) is 89.7 cm³/mol. The molecular formula is C18H14ClNO3. The molecule has 2 aromatic carbocycles. The van der Waals surface area contributed by atoms with Crippen LogP contribution in [0.3, 0.4) is 0 Å². The van der Waals surface area contributed by atoms with E-state index in [-0.39, 0.29) is 10.9 Å². The van der Waals surface area contributed by atoms with Crippen molar-refractivity contribution in [3.05, 3.63) is 64.8 Å². The molecule has 0 amide bonds. The maximum Gasteiger partial charge on any atom is 0.203 e. The number of methoxy groups -OCH3 is 2. The summed E-state index contributed by atoms with van der Waals surface area (Å²) in [5.41, 5.74) is 1.38. The van der Waals surface area contributed by atoms with E-state index in [2.05, 4.69) is 4.98 Å². The highest BCUT2D eigenvalue weighted by Crippen LogP contribution is 2.32. The molecule has 23 heavy (non-hydrogen) atoms. The van der Waals surface area contributed by atoms with E-state index in [1.54, 1.807) is 24.3 Å². The molecule has 1 heterocycles. The SMILES string of the molecule is COc1cccc(OC)c1C(=O)c1cc2ccccc2nc1Cl. The third-order valence-corrected chi connectivity index (χ3v) is 3.87. The first kappa shape index (κ1) is 15.3. The zero-order valence-electron chi connectivity index (χ0n) is 12.7. The van der Waals surface area contributed by atoms with Crippen molar-refractivity contribution < 1.29 is 14.3 Å². The number of hydrogen-bond donors (Lipinski definition) is 0. The summed E-state index contributed by atoms with van der Waals surface area (Å²) in [7, 11) is 3.01. The zero-order valence-corrected chi connectivity index (χ0v) is 13.4. The highest BCUT2D eigenvalue weighted by Gasteiger charge is 2.22. The molecule has 4 nitrogen and oxygen atoms in total. The van der Waals surface area contributed by atoms with Crippen LogP contribution in [-0.2, 0) is 0 Å². The number of halogens is 1. The van der Waals surface area contributed by atoms with Crippen molar-refractivity contribution in [1.29, 1.82) is 0 Å². The lowest BCUT2D eigenvalue weighted by molar-refractivity contribution is 0.103. The second kappa shape index (κ2) is 6.26. The van der Waals surface area contributed by atoms with Crippen molar-refractivity contribution in [2.45, 2.75) is 0 Å². The number of benzene rings is 2. The number of rotatable bonds is 4. The molecule has 3 aromatic rings. The Morgan fingerprint density at radius 2 is 1.65 bits per heavy atom. The first-order valence-corrected chi connectivity index (χ1v) is 7.34. The van der Waals surface area contributed by atoms with Gasteiger partial charge in [-0.25, -0.2) is 4.98 Å². The minimum Gasteiger partial charge on any atom is -0.496 e. The van der Waals surface area contributed by atoms with E-state index in [1.807, 2.05) is 24.3 Å². The van der Waals surface area contributed by atoms with E-state index in [0.29, 0.717) is 22.6 Å². The van der Waals surface area contributed by atoms with E-state index in [1.165, 1.54) is 14.2 Å². The number of ketones is 1. The summed E-state index contributed by atoms with van der Waals surface area (Å²) in [5, 5.41) is 0.996. The highest BCUT2D eigenvalue weighted by atomic mass is 35.5. The van der Waals surface area contributed by atoms with Gasteiger partial charge in [-0.05, 0) is 24.3 Å². The van der Waals surface area contributed by atoms with E-state index in [4.69, 9.17) is 21.1 Å². The molecular weight excluding hydrogens is 314 g/mol. The maximum absolute atomic E-state index is 13.0. The fraction of sp³-hybridized carbons (Fsp3) is 0.111. The summed E-state index contributed by atoms with van der Waals surface area (Å²) in [4.78, 5) is 17.3. The summed E-state index contributed by atoms with van der Waals surface area (Å²) >= 11 is 6.23. The average molecular weight is 328 g/mol. The van der Waals surface area contributed by atoms with Crippen molar-refractivity contribution >= 4 is 28.3 Å². The number of pyridine rings is 1. The lowest BCUT2D eigenvalue weighted by Crippen LogP contribution is -2.08. The van der Waals surface area contributed by atoms with Gasteiger partial charge in [0.25, 0.3) is 0 Å². The minimum absolute atomic E-state index is 0.154. The molecule has 0 N–H and O–H groups in total. The van der Waals surface area contributed by atoms with E-state index in [9.17, 15) is 4.79 Å². The van der Waals surface area contributed by atoms with Crippen LogP contribution in [0.5, 0.6) is 11.5 Å². The summed E-state index contributed by atoms with van der Waals surface area (Å²) in [6.45, 7) is 0. The lowest BCUT2D eigenvalue weighted by Gasteiger charge is -2.13. The highest BCUT2D eigenvalue weighted by molar-refractivity contribution is 6.34. The molecule has 0 saturated carbocycles. The van der Waals surface area contributed by atoms with Crippen molar-refractivity contribution in [2.24, 2.45) is 0 Å². The molecule has 0 spiro atoms. The number of fused-ring (bicyclic) bond motifs is 1. The Balaban J connectivity index is 2.20. The van der Waals surface area contributed by atoms with Crippen LogP contribution in [0.4, 0.5) is 0 Å². The summed E-state index contributed by atoms with van der Waals surface area (Å²) in [6.07, 6.45) is 0. The Labute approximate surface area is 138 Å². The number of nitrogens with zero attached hydrogens (tertiary/aromatic N) is 1. The Kier molecular flexibility index (Phi) is 4.17. The van der Waals surface area contributed by atoms with Crippen LogP contribution in [0.25, 0.3) is 10.9 Å². The normalized spacial score (nSPS) is 10.6. The number of carbonyl (C=O) groups is 1. The Morgan fingerprint density at radius 3 is 2.30 bits per heavy atom. The van der Waals surface area contributed by atoms with Gasteiger partial charge in [-0.1, -0.05) is 35.9 Å². The molecule has 0 aliphatic rings. The molecule has 0 saturated heterocycles. The Morgan fingerprint density at radius 1 is 1.00 bits per heavy atom. The predicted octanol–water partition coefficient (Wildman–Crippen LogP) is 4.14. The fourth-order valence-corrected chi connectivity index (χ4v) is 2.69. The standard InChI is InChI=1S/C18H14ClNO3/c1-22-14-8-5-9-15(23-2)16(14)17(21)12-10-11-6-3-4-7-13(11)20-18(12)19/h3-10H,1-2H3. The summed E-state index contributed by atoms with van der Waals surface area (Å²) < 4.78 is 10.6. The van der Waals surface area contributed by atoms with Crippen molar-refractivity contribution in [3.8, 4) is 11.5 Å². The maximum atomic E-state index is 13.0. The van der Waals surface area contributed by atoms with Gasteiger partial charge in [-0.2, -0.15) is 0 Å². The molecule has 116 valence electrons. The van der Waals surface area contributed by atoms with Gasteiger partial charge in [-0.3, -0.25) is 4.79 Å². The van der Waals surface area contributed by atoms with Crippen LogP contribution in [0.1, 0.15) is 15.9 Å². The Bertz CT molecular complexity index is 870. The van der Waals surface area contributed by atoms with E-state index in [0.717, 1.165) is 10.9 Å². The van der Waals surface area contributed by atoms with E-state index >= 15 is 0 Å². The Hall–Kier alpha value is -2.59. The fourth-order valence-electron chi connectivity index (χ4n) is 2.46. The molecule has 0 radical (unpaired) electrons. The topological polar surface area (TPSA) is 48.4 Å². The average Bonchev–Trinajstić information content (AvgIpc) is 2.59.